The molecule has 5 heteroatoms. The van der Waals surface area contributed by atoms with Gasteiger partial charge in [0.15, 0.2) is 0 Å². The normalized spacial score (nSPS) is 21.6. The number of nitrogens with zero attached hydrogens (tertiary/aromatic N) is 2. The summed E-state index contributed by atoms with van der Waals surface area (Å²) in [7, 11) is 0. The fourth-order valence-corrected chi connectivity index (χ4v) is 2.52. The molecule has 1 aromatic rings. The van der Waals surface area contributed by atoms with Gasteiger partial charge in [-0.3, -0.25) is 0 Å². The van der Waals surface area contributed by atoms with E-state index >= 15 is 0 Å². The standard InChI is InChI=1S/C9H15N3OS/c10-4-1-2-8-11-12-9(14-8)7-3-5-13-6-7/h7H,1-6,10H2. The summed E-state index contributed by atoms with van der Waals surface area (Å²) in [6.45, 7) is 2.40. The van der Waals surface area contributed by atoms with Crippen LogP contribution >= 0.6 is 11.3 Å². The van der Waals surface area contributed by atoms with Crippen molar-refractivity contribution < 1.29 is 4.74 Å². The second-order valence-corrected chi connectivity index (χ2v) is 4.58. The predicted molar refractivity (Wildman–Crippen MR) is 55.5 cm³/mol. The van der Waals surface area contributed by atoms with Crippen LogP contribution in [0.2, 0.25) is 0 Å². The Morgan fingerprint density at radius 3 is 3.14 bits per heavy atom. The number of hydrogen-bond acceptors (Lipinski definition) is 5. The Kier molecular flexibility index (Phi) is 3.44. The largest absolute Gasteiger partial charge is 0.381 e. The highest BCUT2D eigenvalue weighted by molar-refractivity contribution is 7.11. The predicted octanol–water partition coefficient (Wildman–Crippen LogP) is 0.933. The van der Waals surface area contributed by atoms with Crippen LogP contribution < -0.4 is 5.73 Å². The van der Waals surface area contributed by atoms with Crippen LogP contribution in [-0.2, 0) is 11.2 Å². The number of rotatable bonds is 4. The summed E-state index contributed by atoms with van der Waals surface area (Å²) in [5.74, 6) is 0.485. The monoisotopic (exact) mass is 213 g/mol. The van der Waals surface area contributed by atoms with Crippen LogP contribution in [0.5, 0.6) is 0 Å². The van der Waals surface area contributed by atoms with Crippen LogP contribution in [0.3, 0.4) is 0 Å². The van der Waals surface area contributed by atoms with Crippen LogP contribution in [0.15, 0.2) is 0 Å². The van der Waals surface area contributed by atoms with Crippen LogP contribution in [0, 0.1) is 0 Å². The number of nitrogens with two attached hydrogens (primary N) is 1. The molecule has 0 aliphatic carbocycles. The molecule has 2 N–H and O–H groups in total. The zero-order chi connectivity index (χ0) is 9.80. The van der Waals surface area contributed by atoms with Gasteiger partial charge in [0, 0.05) is 18.9 Å². The fourth-order valence-electron chi connectivity index (χ4n) is 1.52. The first kappa shape index (κ1) is 10.0. The molecule has 2 rings (SSSR count). The van der Waals surface area contributed by atoms with E-state index in [1.54, 1.807) is 11.3 Å². The summed E-state index contributed by atoms with van der Waals surface area (Å²) in [5, 5.41) is 10.6. The number of hydrogen-bond donors (Lipinski definition) is 1. The molecule has 1 unspecified atom stereocenters. The number of aromatic nitrogens is 2. The van der Waals surface area contributed by atoms with Gasteiger partial charge in [0.1, 0.15) is 10.0 Å². The van der Waals surface area contributed by atoms with E-state index in [1.807, 2.05) is 0 Å². The van der Waals surface area contributed by atoms with E-state index in [1.165, 1.54) is 0 Å². The Labute approximate surface area is 87.5 Å². The van der Waals surface area contributed by atoms with Gasteiger partial charge in [-0.15, -0.1) is 21.5 Å². The van der Waals surface area contributed by atoms with E-state index in [0.29, 0.717) is 5.92 Å². The third-order valence-corrected chi connectivity index (χ3v) is 3.50. The molecule has 0 spiro atoms. The van der Waals surface area contributed by atoms with E-state index in [4.69, 9.17) is 10.5 Å². The molecular formula is C9H15N3OS. The lowest BCUT2D eigenvalue weighted by atomic mass is 10.1. The Hall–Kier alpha value is -0.520. The van der Waals surface area contributed by atoms with Gasteiger partial charge in [0.25, 0.3) is 0 Å². The molecule has 1 aromatic heterocycles. The van der Waals surface area contributed by atoms with E-state index in [2.05, 4.69) is 10.2 Å². The smallest absolute Gasteiger partial charge is 0.122 e. The van der Waals surface area contributed by atoms with Gasteiger partial charge >= 0.3 is 0 Å². The van der Waals surface area contributed by atoms with Crippen molar-refractivity contribution in [3.8, 4) is 0 Å². The van der Waals surface area contributed by atoms with Crippen molar-refractivity contribution in [3.63, 3.8) is 0 Å². The maximum Gasteiger partial charge on any atom is 0.122 e. The highest BCUT2D eigenvalue weighted by Gasteiger charge is 2.21. The minimum Gasteiger partial charge on any atom is -0.381 e. The second kappa shape index (κ2) is 4.82. The molecule has 0 aromatic carbocycles. The molecule has 14 heavy (non-hydrogen) atoms. The third-order valence-electron chi connectivity index (χ3n) is 2.36. The SMILES string of the molecule is NCCCc1nnc(C2CCOC2)s1. The third kappa shape index (κ3) is 2.29. The zero-order valence-electron chi connectivity index (χ0n) is 8.11. The van der Waals surface area contributed by atoms with Crippen molar-refractivity contribution in [2.24, 2.45) is 5.73 Å². The van der Waals surface area contributed by atoms with Crippen molar-refractivity contribution in [3.05, 3.63) is 10.0 Å². The summed E-state index contributed by atoms with van der Waals surface area (Å²) in [4.78, 5) is 0. The molecular weight excluding hydrogens is 198 g/mol. The van der Waals surface area contributed by atoms with Gasteiger partial charge in [-0.25, -0.2) is 0 Å². The van der Waals surface area contributed by atoms with Gasteiger partial charge in [0.05, 0.1) is 6.61 Å². The lowest BCUT2D eigenvalue weighted by Gasteiger charge is -1.98. The summed E-state index contributed by atoms with van der Waals surface area (Å²) in [5.41, 5.74) is 5.44. The van der Waals surface area contributed by atoms with Crippen LogP contribution in [0.25, 0.3) is 0 Å². The maximum atomic E-state index is 5.44. The van der Waals surface area contributed by atoms with Crippen molar-refractivity contribution in [2.45, 2.75) is 25.2 Å². The average Bonchev–Trinajstić information content (AvgIpc) is 2.85. The van der Waals surface area contributed by atoms with Crippen LogP contribution in [-0.4, -0.2) is 30.0 Å². The maximum absolute atomic E-state index is 5.44. The molecule has 0 radical (unpaired) electrons. The van der Waals surface area contributed by atoms with Crippen molar-refractivity contribution in [2.75, 3.05) is 19.8 Å². The van der Waals surface area contributed by atoms with Crippen molar-refractivity contribution in [1.82, 2.24) is 10.2 Å². The summed E-state index contributed by atoms with van der Waals surface area (Å²) >= 11 is 1.71. The first-order chi connectivity index (χ1) is 6.90. The molecule has 0 amide bonds. The highest BCUT2D eigenvalue weighted by Crippen LogP contribution is 2.27. The van der Waals surface area contributed by atoms with E-state index in [0.717, 1.165) is 49.0 Å². The number of aryl methyl sites for hydroxylation is 1. The quantitative estimate of drug-likeness (QED) is 0.808. The Balaban J connectivity index is 1.94. The van der Waals surface area contributed by atoms with Gasteiger partial charge in [-0.2, -0.15) is 0 Å². The molecule has 1 aliphatic heterocycles. The van der Waals surface area contributed by atoms with Crippen molar-refractivity contribution in [1.29, 1.82) is 0 Å². The lowest BCUT2D eigenvalue weighted by Crippen LogP contribution is -1.99. The topological polar surface area (TPSA) is 61.0 Å². The average molecular weight is 213 g/mol. The van der Waals surface area contributed by atoms with Crippen LogP contribution in [0.1, 0.15) is 28.8 Å². The highest BCUT2D eigenvalue weighted by atomic mass is 32.1. The van der Waals surface area contributed by atoms with Gasteiger partial charge in [0.2, 0.25) is 0 Å². The molecule has 0 bridgehead atoms. The van der Waals surface area contributed by atoms with Crippen LogP contribution in [0.4, 0.5) is 0 Å². The number of ether oxygens (including phenoxy) is 1. The molecule has 1 atom stereocenters. The first-order valence-electron chi connectivity index (χ1n) is 5.00. The lowest BCUT2D eigenvalue weighted by molar-refractivity contribution is 0.194. The van der Waals surface area contributed by atoms with E-state index in [9.17, 15) is 0 Å². The minimum atomic E-state index is 0.485. The summed E-state index contributed by atoms with van der Waals surface area (Å²) < 4.78 is 5.32. The van der Waals surface area contributed by atoms with Crippen molar-refractivity contribution >= 4 is 11.3 Å². The van der Waals surface area contributed by atoms with Gasteiger partial charge < -0.3 is 10.5 Å². The Bertz CT molecular complexity index is 283. The molecule has 1 fully saturated rings. The molecule has 0 saturated carbocycles. The Morgan fingerprint density at radius 1 is 1.50 bits per heavy atom. The minimum absolute atomic E-state index is 0.485. The molecule has 4 nitrogen and oxygen atoms in total. The second-order valence-electron chi connectivity index (χ2n) is 3.49. The zero-order valence-corrected chi connectivity index (χ0v) is 8.92. The molecule has 78 valence electrons. The van der Waals surface area contributed by atoms with Gasteiger partial charge in [-0.1, -0.05) is 0 Å². The molecule has 1 saturated heterocycles. The van der Waals surface area contributed by atoms with Gasteiger partial charge in [-0.05, 0) is 19.4 Å². The first-order valence-corrected chi connectivity index (χ1v) is 5.82. The van der Waals surface area contributed by atoms with E-state index in [-0.39, 0.29) is 0 Å². The molecule has 1 aliphatic rings. The fraction of sp³-hybridized carbons (Fsp3) is 0.778. The molecule has 2 heterocycles. The Morgan fingerprint density at radius 2 is 2.43 bits per heavy atom. The van der Waals surface area contributed by atoms with E-state index < -0.39 is 0 Å². The summed E-state index contributed by atoms with van der Waals surface area (Å²) in [6, 6.07) is 0. The summed E-state index contributed by atoms with van der Waals surface area (Å²) in [6.07, 6.45) is 3.04.